The molecule has 0 atom stereocenters. The third-order valence-electron chi connectivity index (χ3n) is 5.56. The van der Waals surface area contributed by atoms with Crippen LogP contribution in [0.1, 0.15) is 68.6 Å². The van der Waals surface area contributed by atoms with Crippen molar-refractivity contribution in [2.75, 3.05) is 0 Å². The van der Waals surface area contributed by atoms with Gasteiger partial charge in [-0.3, -0.25) is 4.79 Å². The molecular weight excluding hydrogens is 400 g/mol. The van der Waals surface area contributed by atoms with E-state index in [1.54, 1.807) is 30.4 Å². The van der Waals surface area contributed by atoms with Crippen LogP contribution >= 0.6 is 0 Å². The highest BCUT2D eigenvalue weighted by atomic mass is 16.5. The number of benzene rings is 2. The van der Waals surface area contributed by atoms with Crippen LogP contribution in [0, 0.1) is 0 Å². The summed E-state index contributed by atoms with van der Waals surface area (Å²) in [4.78, 5) is 12.7. The lowest BCUT2D eigenvalue weighted by atomic mass is 9.76. The molecule has 0 aliphatic carbocycles. The highest BCUT2D eigenvalue weighted by Gasteiger charge is 2.33. The van der Waals surface area contributed by atoms with E-state index in [0.717, 1.165) is 0 Å². The summed E-state index contributed by atoms with van der Waals surface area (Å²) in [6, 6.07) is 7.94. The van der Waals surface area contributed by atoms with E-state index >= 15 is 0 Å². The Kier molecular flexibility index (Phi) is 7.40. The second-order valence-corrected chi connectivity index (χ2v) is 9.33. The Balaban J connectivity index is 2.78. The largest absolute Gasteiger partial charge is 0.508 e. The molecule has 0 fully saturated rings. The number of hydrogen-bond acceptors (Lipinski definition) is 4. The smallest absolute Gasteiger partial charge is 0.185 e. The zero-order chi connectivity index (χ0) is 24.3. The van der Waals surface area contributed by atoms with Crippen molar-refractivity contribution in [3.63, 3.8) is 0 Å². The van der Waals surface area contributed by atoms with Gasteiger partial charge in [-0.05, 0) is 56.3 Å². The molecule has 0 saturated carbocycles. The Morgan fingerprint density at radius 2 is 1.56 bits per heavy atom. The van der Waals surface area contributed by atoms with Gasteiger partial charge < -0.3 is 14.9 Å². The molecule has 0 radical (unpaired) electrons. The summed E-state index contributed by atoms with van der Waals surface area (Å²) in [5.41, 5.74) is 1.33. The number of ketones is 1. The minimum atomic E-state index is -0.592. The van der Waals surface area contributed by atoms with E-state index in [2.05, 4.69) is 13.2 Å². The first-order valence-corrected chi connectivity index (χ1v) is 10.7. The van der Waals surface area contributed by atoms with E-state index in [1.807, 2.05) is 47.6 Å². The molecule has 0 bridgehead atoms. The summed E-state index contributed by atoms with van der Waals surface area (Å²) >= 11 is 0. The number of allylic oxidation sites excluding steroid dienone is 3. The summed E-state index contributed by atoms with van der Waals surface area (Å²) in [7, 11) is 0. The molecule has 0 aliphatic heterocycles. The van der Waals surface area contributed by atoms with Gasteiger partial charge in [0.25, 0.3) is 0 Å². The normalized spacial score (nSPS) is 12.2. The minimum Gasteiger partial charge on any atom is -0.508 e. The van der Waals surface area contributed by atoms with E-state index in [1.165, 1.54) is 18.2 Å². The fourth-order valence-electron chi connectivity index (χ4n) is 3.35. The van der Waals surface area contributed by atoms with Gasteiger partial charge in [-0.25, -0.2) is 0 Å². The molecular formula is C28H34O4. The molecule has 0 saturated heterocycles. The maximum absolute atomic E-state index is 12.7. The Bertz CT molecular complexity index is 1040. The highest BCUT2D eigenvalue weighted by molar-refractivity contribution is 6.07. The molecule has 4 heteroatoms. The van der Waals surface area contributed by atoms with Crippen molar-refractivity contribution >= 4 is 11.9 Å². The van der Waals surface area contributed by atoms with Crippen LogP contribution in [-0.4, -0.2) is 22.1 Å². The van der Waals surface area contributed by atoms with Crippen LogP contribution in [0.5, 0.6) is 17.2 Å². The van der Waals surface area contributed by atoms with Crippen molar-refractivity contribution in [1.29, 1.82) is 0 Å². The number of phenolic OH excluding ortho intramolecular Hbond substituents is 2. The fourth-order valence-corrected chi connectivity index (χ4v) is 3.35. The monoisotopic (exact) mass is 434 g/mol. The molecule has 0 spiro atoms. The maximum atomic E-state index is 12.7. The van der Waals surface area contributed by atoms with Crippen molar-refractivity contribution in [1.82, 2.24) is 0 Å². The van der Waals surface area contributed by atoms with Crippen molar-refractivity contribution < 1.29 is 19.7 Å². The number of carbonyl (C=O) groups is 1. The highest BCUT2D eigenvalue weighted by Crippen LogP contribution is 2.47. The minimum absolute atomic E-state index is 0.101. The molecule has 2 aromatic rings. The van der Waals surface area contributed by atoms with Gasteiger partial charge in [0.05, 0.1) is 6.10 Å². The topological polar surface area (TPSA) is 66.8 Å². The zero-order valence-corrected chi connectivity index (χ0v) is 19.9. The summed E-state index contributed by atoms with van der Waals surface area (Å²) in [5.74, 6) is 0.546. The van der Waals surface area contributed by atoms with E-state index in [0.29, 0.717) is 28.0 Å². The first kappa shape index (κ1) is 25.0. The van der Waals surface area contributed by atoms with E-state index < -0.39 is 10.8 Å². The van der Waals surface area contributed by atoms with Crippen LogP contribution in [0.25, 0.3) is 6.08 Å². The third-order valence-corrected chi connectivity index (χ3v) is 5.56. The van der Waals surface area contributed by atoms with Gasteiger partial charge in [-0.1, -0.05) is 39.8 Å². The molecule has 2 N–H and O–H groups in total. The number of aromatic hydroxyl groups is 2. The van der Waals surface area contributed by atoms with Gasteiger partial charge in [-0.2, -0.15) is 0 Å². The Morgan fingerprint density at radius 3 is 2.06 bits per heavy atom. The van der Waals surface area contributed by atoms with Crippen LogP contribution in [-0.2, 0) is 10.8 Å². The van der Waals surface area contributed by atoms with Gasteiger partial charge in [-0.15, -0.1) is 13.2 Å². The molecule has 0 heterocycles. The number of phenols is 2. The first-order chi connectivity index (χ1) is 14.8. The second-order valence-electron chi connectivity index (χ2n) is 9.33. The molecule has 170 valence electrons. The quantitative estimate of drug-likeness (QED) is 0.261. The number of ether oxygens (including phenoxy) is 1. The van der Waals surface area contributed by atoms with E-state index in [-0.39, 0.29) is 23.4 Å². The molecule has 2 aromatic carbocycles. The Hall–Kier alpha value is -3.27. The number of carbonyl (C=O) groups excluding carboxylic acids is 1. The first-order valence-electron chi connectivity index (χ1n) is 10.7. The predicted molar refractivity (Wildman–Crippen MR) is 132 cm³/mol. The Morgan fingerprint density at radius 1 is 1.00 bits per heavy atom. The Labute approximate surface area is 191 Å². The van der Waals surface area contributed by atoms with Gasteiger partial charge >= 0.3 is 0 Å². The molecule has 32 heavy (non-hydrogen) atoms. The third kappa shape index (κ3) is 5.31. The number of rotatable bonds is 9. The molecule has 4 nitrogen and oxygen atoms in total. The average Bonchev–Trinajstić information content (AvgIpc) is 2.72. The molecule has 0 amide bonds. The fraction of sp³-hybridized carbons (Fsp3) is 0.321. The van der Waals surface area contributed by atoms with Crippen LogP contribution in [0.2, 0.25) is 0 Å². The predicted octanol–water partition coefficient (Wildman–Crippen LogP) is 6.71. The van der Waals surface area contributed by atoms with Gasteiger partial charge in [0.2, 0.25) is 0 Å². The van der Waals surface area contributed by atoms with Gasteiger partial charge in [0.15, 0.2) is 5.78 Å². The zero-order valence-electron chi connectivity index (χ0n) is 19.9. The maximum Gasteiger partial charge on any atom is 0.185 e. The molecule has 0 unspecified atom stereocenters. The van der Waals surface area contributed by atoms with E-state index in [4.69, 9.17) is 4.74 Å². The molecule has 0 aromatic heterocycles. The van der Waals surface area contributed by atoms with Crippen molar-refractivity contribution in [3.8, 4) is 17.2 Å². The molecule has 0 aliphatic rings. The number of hydrogen-bond donors (Lipinski definition) is 2. The van der Waals surface area contributed by atoms with Crippen molar-refractivity contribution in [3.05, 3.63) is 84.0 Å². The van der Waals surface area contributed by atoms with Crippen molar-refractivity contribution in [2.24, 2.45) is 0 Å². The van der Waals surface area contributed by atoms with Crippen LogP contribution in [0.4, 0.5) is 0 Å². The summed E-state index contributed by atoms with van der Waals surface area (Å²) < 4.78 is 6.17. The standard InChI is InChI=1S/C28H34O4/c1-9-27(5,6)22-17-20(13-16-23(30)19-11-14-21(29)15-12-19)26(32-18(3)4)24(25(22)31)28(7,8)10-2/h9-18,29,31H,1-2H2,3-8H3. The van der Waals surface area contributed by atoms with Gasteiger partial charge in [0, 0.05) is 33.1 Å². The van der Waals surface area contributed by atoms with E-state index in [9.17, 15) is 15.0 Å². The van der Waals surface area contributed by atoms with Crippen LogP contribution < -0.4 is 4.74 Å². The summed E-state index contributed by atoms with van der Waals surface area (Å²) in [6.07, 6.45) is 6.59. The lowest BCUT2D eigenvalue weighted by Crippen LogP contribution is -2.22. The van der Waals surface area contributed by atoms with Crippen molar-refractivity contribution in [2.45, 2.75) is 58.5 Å². The van der Waals surface area contributed by atoms with Crippen LogP contribution in [0.3, 0.4) is 0 Å². The lowest BCUT2D eigenvalue weighted by Gasteiger charge is -2.32. The average molecular weight is 435 g/mol. The lowest BCUT2D eigenvalue weighted by molar-refractivity contribution is 0.104. The van der Waals surface area contributed by atoms with Gasteiger partial charge in [0.1, 0.15) is 17.2 Å². The molecule has 2 rings (SSSR count). The van der Waals surface area contributed by atoms with Crippen LogP contribution in [0.15, 0.2) is 61.7 Å². The SMILES string of the molecule is C=CC(C)(C)c1cc(C=CC(=O)c2ccc(O)cc2)c(OC(C)C)c(C(C)(C)C=C)c1O. The second kappa shape index (κ2) is 9.47. The summed E-state index contributed by atoms with van der Waals surface area (Å²) in [6.45, 7) is 19.6. The summed E-state index contributed by atoms with van der Waals surface area (Å²) in [5, 5.41) is 20.8.